The predicted octanol–water partition coefficient (Wildman–Crippen LogP) is 1.76. The first kappa shape index (κ1) is 16.3. The number of benzene rings is 1. The highest BCUT2D eigenvalue weighted by atomic mass is 32.2. The summed E-state index contributed by atoms with van der Waals surface area (Å²) in [5.74, 6) is 0.0400. The van der Waals surface area contributed by atoms with E-state index < -0.39 is 14.6 Å². The van der Waals surface area contributed by atoms with Crippen molar-refractivity contribution in [1.29, 1.82) is 0 Å². The van der Waals surface area contributed by atoms with Gasteiger partial charge < -0.3 is 10.2 Å². The van der Waals surface area contributed by atoms with Crippen molar-refractivity contribution in [2.24, 2.45) is 0 Å². The zero-order chi connectivity index (χ0) is 16.7. The van der Waals surface area contributed by atoms with Crippen LogP contribution in [0.2, 0.25) is 0 Å². The van der Waals surface area contributed by atoms with Gasteiger partial charge in [0.2, 0.25) is 0 Å². The normalized spacial score (nSPS) is 23.1. The van der Waals surface area contributed by atoms with Crippen LogP contribution in [0.15, 0.2) is 24.3 Å². The Morgan fingerprint density at radius 1 is 1.17 bits per heavy atom. The van der Waals surface area contributed by atoms with Gasteiger partial charge in [0.15, 0.2) is 9.84 Å². The molecule has 0 saturated carbocycles. The van der Waals surface area contributed by atoms with Crippen LogP contribution in [-0.4, -0.2) is 49.0 Å². The summed E-state index contributed by atoms with van der Waals surface area (Å²) in [6.07, 6.45) is 2.17. The van der Waals surface area contributed by atoms with Crippen LogP contribution in [0, 0.1) is 0 Å². The minimum atomic E-state index is -3.16. The summed E-state index contributed by atoms with van der Waals surface area (Å²) in [4.78, 5) is 14.1. The molecular formula is C17H24N2O3S. The van der Waals surface area contributed by atoms with Crippen LogP contribution < -0.4 is 5.32 Å². The van der Waals surface area contributed by atoms with Gasteiger partial charge in [0.25, 0.3) is 0 Å². The van der Waals surface area contributed by atoms with Crippen LogP contribution in [-0.2, 0) is 22.7 Å². The van der Waals surface area contributed by atoms with Gasteiger partial charge in [-0.2, -0.15) is 0 Å². The van der Waals surface area contributed by atoms with Gasteiger partial charge in [-0.3, -0.25) is 0 Å². The first-order valence-electron chi connectivity index (χ1n) is 8.13. The number of nitrogens with zero attached hydrogens (tertiary/aromatic N) is 1. The third-order valence-electron chi connectivity index (χ3n) is 5.12. The Morgan fingerprint density at radius 2 is 1.78 bits per heavy atom. The number of rotatable bonds is 1. The van der Waals surface area contributed by atoms with Gasteiger partial charge in [0.1, 0.15) is 0 Å². The molecule has 1 N–H and O–H groups in total. The number of carbonyl (C=O) groups excluding carboxylic acids is 1. The molecule has 5 nitrogen and oxygen atoms in total. The van der Waals surface area contributed by atoms with Gasteiger partial charge in [-0.1, -0.05) is 24.3 Å². The third-order valence-corrected chi connectivity index (χ3v) is 7.73. The molecule has 1 heterocycles. The largest absolute Gasteiger partial charge is 0.335 e. The molecule has 1 aliphatic heterocycles. The average molecular weight is 336 g/mol. The summed E-state index contributed by atoms with van der Waals surface area (Å²) in [6.45, 7) is 4.25. The fourth-order valence-corrected chi connectivity index (χ4v) is 4.72. The number of hydrogen-bond acceptors (Lipinski definition) is 3. The Kier molecular flexibility index (Phi) is 4.12. The summed E-state index contributed by atoms with van der Waals surface area (Å²) >= 11 is 0. The molecular weight excluding hydrogens is 312 g/mol. The maximum atomic E-state index is 12.5. The second kappa shape index (κ2) is 5.82. The number of fused-ring (bicyclic) bond motifs is 1. The summed E-state index contributed by atoms with van der Waals surface area (Å²) in [6, 6.07) is 8.20. The molecule has 2 amide bonds. The van der Waals surface area contributed by atoms with Crippen molar-refractivity contribution in [3.05, 3.63) is 35.4 Å². The van der Waals surface area contributed by atoms with Crippen LogP contribution >= 0.6 is 0 Å². The lowest BCUT2D eigenvalue weighted by atomic mass is 10.1. The molecule has 0 unspecified atom stereocenters. The quantitative estimate of drug-likeness (QED) is 0.850. The smallest absolute Gasteiger partial charge is 0.317 e. The third kappa shape index (κ3) is 3.22. The highest BCUT2D eigenvalue weighted by molar-refractivity contribution is 7.92. The number of carbonyl (C=O) groups is 1. The van der Waals surface area contributed by atoms with Crippen LogP contribution in [0.5, 0.6) is 0 Å². The first-order valence-corrected chi connectivity index (χ1v) is 9.78. The number of hydrogen-bond donors (Lipinski definition) is 1. The standard InChI is InChI=1S/C17H24N2O3S/c1-17(2)7-8-19(9-10-23(17,21)22)16(20)18-15-11-13-5-3-4-6-14(13)12-15/h3-6,15H,7-12H2,1-2H3,(H,18,20). The molecule has 0 aromatic heterocycles. The second-order valence-corrected chi connectivity index (χ2v) is 9.88. The molecule has 3 rings (SSSR count). The Hall–Kier alpha value is -1.56. The summed E-state index contributed by atoms with van der Waals surface area (Å²) < 4.78 is 23.7. The van der Waals surface area contributed by atoms with Crippen LogP contribution in [0.1, 0.15) is 31.4 Å². The van der Waals surface area contributed by atoms with Crippen molar-refractivity contribution in [1.82, 2.24) is 10.2 Å². The number of urea groups is 1. The number of amides is 2. The molecule has 0 spiro atoms. The molecule has 126 valence electrons. The van der Waals surface area contributed by atoms with Gasteiger partial charge in [-0.25, -0.2) is 13.2 Å². The van der Waals surface area contributed by atoms with Crippen molar-refractivity contribution < 1.29 is 13.2 Å². The van der Waals surface area contributed by atoms with Crippen molar-refractivity contribution in [2.75, 3.05) is 18.8 Å². The van der Waals surface area contributed by atoms with E-state index in [1.54, 1.807) is 18.7 Å². The van der Waals surface area contributed by atoms with Crippen molar-refractivity contribution in [3.8, 4) is 0 Å². The van der Waals surface area contributed by atoms with Crippen LogP contribution in [0.4, 0.5) is 4.79 Å². The minimum absolute atomic E-state index is 0.0400. The van der Waals surface area contributed by atoms with Crippen molar-refractivity contribution in [2.45, 2.75) is 43.9 Å². The highest BCUT2D eigenvalue weighted by Crippen LogP contribution is 2.26. The highest BCUT2D eigenvalue weighted by Gasteiger charge is 2.38. The summed E-state index contributed by atoms with van der Waals surface area (Å²) in [5, 5.41) is 3.07. The van der Waals surface area contributed by atoms with E-state index in [0.29, 0.717) is 13.0 Å². The molecule has 23 heavy (non-hydrogen) atoms. The van der Waals surface area contributed by atoms with E-state index in [4.69, 9.17) is 0 Å². The maximum Gasteiger partial charge on any atom is 0.317 e. The number of nitrogens with one attached hydrogen (secondary N) is 1. The van der Waals surface area contributed by atoms with E-state index in [1.807, 2.05) is 12.1 Å². The van der Waals surface area contributed by atoms with Crippen LogP contribution in [0.25, 0.3) is 0 Å². The van der Waals surface area contributed by atoms with Crippen molar-refractivity contribution >= 4 is 15.9 Å². The molecule has 0 radical (unpaired) electrons. The molecule has 6 heteroatoms. The molecule has 1 aromatic rings. The van der Waals surface area contributed by atoms with Gasteiger partial charge >= 0.3 is 6.03 Å². The Bertz CT molecular complexity index is 687. The predicted molar refractivity (Wildman–Crippen MR) is 90.2 cm³/mol. The van der Waals surface area contributed by atoms with E-state index in [1.165, 1.54) is 11.1 Å². The molecule has 2 aliphatic rings. The lowest BCUT2D eigenvalue weighted by Crippen LogP contribution is -2.46. The lowest BCUT2D eigenvalue weighted by Gasteiger charge is -2.24. The molecule has 1 saturated heterocycles. The zero-order valence-corrected chi connectivity index (χ0v) is 14.5. The second-order valence-electron chi connectivity index (χ2n) is 7.14. The van der Waals surface area contributed by atoms with Gasteiger partial charge in [-0.05, 0) is 44.2 Å². The molecule has 0 atom stereocenters. The Morgan fingerprint density at radius 3 is 2.39 bits per heavy atom. The van der Waals surface area contributed by atoms with Crippen LogP contribution in [0.3, 0.4) is 0 Å². The summed E-state index contributed by atoms with van der Waals surface area (Å²) in [5.41, 5.74) is 2.58. The SMILES string of the molecule is CC1(C)CCN(C(=O)NC2Cc3ccccc3C2)CCS1(=O)=O. The minimum Gasteiger partial charge on any atom is -0.335 e. The fraction of sp³-hybridized carbons (Fsp3) is 0.588. The van der Waals surface area contributed by atoms with Crippen molar-refractivity contribution in [3.63, 3.8) is 0 Å². The van der Waals surface area contributed by atoms with E-state index in [-0.39, 0.29) is 24.4 Å². The zero-order valence-electron chi connectivity index (χ0n) is 13.7. The molecule has 1 aliphatic carbocycles. The molecule has 1 aromatic carbocycles. The van der Waals surface area contributed by atoms with Gasteiger partial charge in [0.05, 0.1) is 10.5 Å². The average Bonchev–Trinajstić information content (AvgIpc) is 2.84. The van der Waals surface area contributed by atoms with Gasteiger partial charge in [-0.15, -0.1) is 0 Å². The topological polar surface area (TPSA) is 66.5 Å². The van der Waals surface area contributed by atoms with E-state index >= 15 is 0 Å². The van der Waals surface area contributed by atoms with E-state index in [9.17, 15) is 13.2 Å². The number of sulfone groups is 1. The summed E-state index contributed by atoms with van der Waals surface area (Å²) in [7, 11) is -3.16. The molecule has 1 fully saturated rings. The Labute approximate surface area is 138 Å². The lowest BCUT2D eigenvalue weighted by molar-refractivity contribution is 0.196. The van der Waals surface area contributed by atoms with Gasteiger partial charge in [0, 0.05) is 19.1 Å². The monoisotopic (exact) mass is 336 g/mol. The fourth-order valence-electron chi connectivity index (χ4n) is 3.31. The van der Waals surface area contributed by atoms with E-state index in [0.717, 1.165) is 12.8 Å². The Balaban J connectivity index is 1.62. The first-order chi connectivity index (χ1) is 10.8. The molecule has 0 bridgehead atoms. The van der Waals surface area contributed by atoms with E-state index in [2.05, 4.69) is 17.4 Å². The maximum absolute atomic E-state index is 12.5.